The summed E-state index contributed by atoms with van der Waals surface area (Å²) in [5, 5.41) is 3.43. The van der Waals surface area contributed by atoms with Gasteiger partial charge in [0.1, 0.15) is 0 Å². The molecule has 20 heavy (non-hydrogen) atoms. The van der Waals surface area contributed by atoms with E-state index in [1.165, 1.54) is 21.9 Å². The lowest BCUT2D eigenvalue weighted by molar-refractivity contribution is 0.669. The van der Waals surface area contributed by atoms with Crippen molar-refractivity contribution in [2.24, 2.45) is 0 Å². The minimum Gasteiger partial charge on any atom is -0.259 e. The average Bonchev–Trinajstić information content (AvgIpc) is 2.70. The van der Waals surface area contributed by atoms with Crippen molar-refractivity contribution in [3.8, 4) is 0 Å². The Morgan fingerprint density at radius 3 is 2.80 bits per heavy atom. The molecule has 4 rings (SSSR count). The first-order chi connectivity index (χ1) is 9.81. The number of benzene rings is 2. The quantitative estimate of drug-likeness (QED) is 0.761. The van der Waals surface area contributed by atoms with Crippen LogP contribution in [0.5, 0.6) is 0 Å². The van der Waals surface area contributed by atoms with Gasteiger partial charge in [-0.2, -0.15) is 0 Å². The molecule has 2 bridgehead atoms. The third kappa shape index (κ3) is 2.03. The van der Waals surface area contributed by atoms with Gasteiger partial charge in [-0.25, -0.2) is 0 Å². The molecule has 1 nitrogen and oxygen atoms in total. The molecule has 1 fully saturated rings. The van der Waals surface area contributed by atoms with Crippen molar-refractivity contribution in [2.45, 2.75) is 36.2 Å². The van der Waals surface area contributed by atoms with Crippen molar-refractivity contribution >= 4 is 21.6 Å². The van der Waals surface area contributed by atoms with E-state index in [1.807, 2.05) is 0 Å². The summed E-state index contributed by atoms with van der Waals surface area (Å²) in [6, 6.07) is 15.1. The summed E-state index contributed by atoms with van der Waals surface area (Å²) in [5.74, 6) is 0. The molecular weight excluding hydrogens is 264 g/mol. The maximum absolute atomic E-state index is 12.1. The van der Waals surface area contributed by atoms with Crippen molar-refractivity contribution in [3.05, 3.63) is 59.7 Å². The summed E-state index contributed by atoms with van der Waals surface area (Å²) in [4.78, 5) is 0. The maximum atomic E-state index is 12.1. The normalized spacial score (nSPS) is 28.6. The lowest BCUT2D eigenvalue weighted by atomic mass is 9.96. The van der Waals surface area contributed by atoms with Gasteiger partial charge in [0.05, 0.1) is 5.25 Å². The molecule has 0 saturated carbocycles. The number of fused-ring (bicyclic) bond motifs is 3. The van der Waals surface area contributed by atoms with Crippen LogP contribution in [0.3, 0.4) is 0 Å². The molecule has 0 amide bonds. The highest BCUT2D eigenvalue weighted by atomic mass is 32.2. The fraction of sp³-hybridized carbons (Fsp3) is 0.333. The Kier molecular flexibility index (Phi) is 2.99. The van der Waals surface area contributed by atoms with Gasteiger partial charge in [0.2, 0.25) is 0 Å². The molecule has 2 aromatic rings. The van der Waals surface area contributed by atoms with Crippen molar-refractivity contribution in [2.75, 3.05) is 0 Å². The van der Waals surface area contributed by atoms with Crippen molar-refractivity contribution in [1.29, 1.82) is 0 Å². The zero-order valence-electron chi connectivity index (χ0n) is 11.4. The van der Waals surface area contributed by atoms with Crippen LogP contribution in [-0.2, 0) is 17.2 Å². The zero-order chi connectivity index (χ0) is 13.5. The largest absolute Gasteiger partial charge is 0.259 e. The van der Waals surface area contributed by atoms with Crippen LogP contribution < -0.4 is 0 Å². The average molecular weight is 282 g/mol. The first-order valence-electron chi connectivity index (χ1n) is 7.37. The van der Waals surface area contributed by atoms with E-state index < -0.39 is 10.8 Å². The predicted octanol–water partition coefficient (Wildman–Crippen LogP) is 3.99. The summed E-state index contributed by atoms with van der Waals surface area (Å²) >= 11 is 0. The molecule has 2 heteroatoms. The highest BCUT2D eigenvalue weighted by Gasteiger charge is 2.35. The molecule has 3 atom stereocenters. The highest BCUT2D eigenvalue weighted by Crippen LogP contribution is 2.36. The third-order valence-corrected chi connectivity index (χ3v) is 6.64. The third-order valence-electron chi connectivity index (χ3n) is 4.61. The van der Waals surface area contributed by atoms with Gasteiger partial charge in [-0.1, -0.05) is 54.1 Å². The molecule has 102 valence electrons. The first-order valence-corrected chi connectivity index (χ1v) is 8.64. The van der Waals surface area contributed by atoms with Gasteiger partial charge in [-0.3, -0.25) is 4.21 Å². The van der Waals surface area contributed by atoms with Crippen LogP contribution >= 0.6 is 0 Å². The van der Waals surface area contributed by atoms with E-state index in [1.54, 1.807) is 0 Å². The monoisotopic (exact) mass is 282 g/mol. The van der Waals surface area contributed by atoms with E-state index in [4.69, 9.17) is 0 Å². The van der Waals surface area contributed by atoms with Gasteiger partial charge >= 0.3 is 0 Å². The topological polar surface area (TPSA) is 17.1 Å². The Morgan fingerprint density at radius 2 is 1.90 bits per heavy atom. The molecule has 2 heterocycles. The molecule has 2 aromatic carbocycles. The summed E-state index contributed by atoms with van der Waals surface area (Å²) < 4.78 is 12.1. The Labute approximate surface area is 122 Å². The lowest BCUT2D eigenvalue weighted by Crippen LogP contribution is -2.21. The summed E-state index contributed by atoms with van der Waals surface area (Å²) in [5.41, 5.74) is 2.90. The summed E-state index contributed by atoms with van der Waals surface area (Å²) in [6.07, 6.45) is 6.63. The zero-order valence-corrected chi connectivity index (χ0v) is 12.2. The second-order valence-electron chi connectivity index (χ2n) is 5.91. The molecule has 3 unspecified atom stereocenters. The number of rotatable bonds is 2. The van der Waals surface area contributed by atoms with Crippen LogP contribution in [0, 0.1) is 0 Å². The maximum Gasteiger partial charge on any atom is 0.0533 e. The molecule has 1 saturated heterocycles. The fourth-order valence-corrected chi connectivity index (χ4v) is 5.55. The highest BCUT2D eigenvalue weighted by molar-refractivity contribution is 7.86. The van der Waals surface area contributed by atoms with Gasteiger partial charge in [0.15, 0.2) is 0 Å². The summed E-state index contributed by atoms with van der Waals surface area (Å²) in [6.45, 7) is 0. The van der Waals surface area contributed by atoms with E-state index in [-0.39, 0.29) is 0 Å². The standard InChI is InChI=1S/C18H18OS/c19-20-16-8-9-17(20)12-13(11-16)10-15-6-3-5-14-4-1-2-7-18(14)15/h1-7,11,16-17H,8-10,12H2. The molecule has 0 aliphatic carbocycles. The van der Waals surface area contributed by atoms with Gasteiger partial charge in [-0.05, 0) is 42.0 Å². The van der Waals surface area contributed by atoms with Crippen LogP contribution in [0.4, 0.5) is 0 Å². The van der Waals surface area contributed by atoms with E-state index in [0.29, 0.717) is 10.5 Å². The second kappa shape index (κ2) is 4.85. The Balaban J connectivity index is 1.69. The van der Waals surface area contributed by atoms with Crippen molar-refractivity contribution < 1.29 is 4.21 Å². The fourth-order valence-electron chi connectivity index (χ4n) is 3.61. The van der Waals surface area contributed by atoms with Gasteiger partial charge in [0, 0.05) is 16.0 Å². The SMILES string of the molecule is O=S1C2C=C(Cc3cccc4ccccc34)CC1CC2. The summed E-state index contributed by atoms with van der Waals surface area (Å²) in [7, 11) is -0.601. The second-order valence-corrected chi connectivity index (χ2v) is 7.84. The molecule has 2 aliphatic heterocycles. The number of allylic oxidation sites excluding steroid dienone is 1. The van der Waals surface area contributed by atoms with Crippen LogP contribution in [-0.4, -0.2) is 14.7 Å². The number of hydrogen-bond donors (Lipinski definition) is 0. The molecule has 0 N–H and O–H groups in total. The molecule has 2 aliphatic rings. The number of hydrogen-bond acceptors (Lipinski definition) is 1. The molecular formula is C18H18OS. The minimum atomic E-state index is -0.601. The Hall–Kier alpha value is -1.41. The molecule has 0 spiro atoms. The van der Waals surface area contributed by atoms with Crippen LogP contribution in [0.1, 0.15) is 24.8 Å². The Morgan fingerprint density at radius 1 is 1.05 bits per heavy atom. The molecule has 0 aromatic heterocycles. The van der Waals surface area contributed by atoms with E-state index in [0.717, 1.165) is 25.7 Å². The van der Waals surface area contributed by atoms with Crippen LogP contribution in [0.2, 0.25) is 0 Å². The first kappa shape index (κ1) is 12.3. The van der Waals surface area contributed by atoms with Crippen molar-refractivity contribution in [1.82, 2.24) is 0 Å². The van der Waals surface area contributed by atoms with Gasteiger partial charge in [-0.15, -0.1) is 0 Å². The van der Waals surface area contributed by atoms with Crippen LogP contribution in [0.15, 0.2) is 54.1 Å². The van der Waals surface area contributed by atoms with E-state index >= 15 is 0 Å². The van der Waals surface area contributed by atoms with Gasteiger partial charge in [0.25, 0.3) is 0 Å². The van der Waals surface area contributed by atoms with Gasteiger partial charge < -0.3 is 0 Å². The smallest absolute Gasteiger partial charge is 0.0533 e. The van der Waals surface area contributed by atoms with Crippen LogP contribution in [0.25, 0.3) is 10.8 Å². The van der Waals surface area contributed by atoms with E-state index in [9.17, 15) is 4.21 Å². The predicted molar refractivity (Wildman–Crippen MR) is 85.3 cm³/mol. The van der Waals surface area contributed by atoms with E-state index in [2.05, 4.69) is 48.5 Å². The molecule has 0 radical (unpaired) electrons. The van der Waals surface area contributed by atoms with Crippen molar-refractivity contribution in [3.63, 3.8) is 0 Å². The lowest BCUT2D eigenvalue weighted by Gasteiger charge is -2.20. The Bertz CT molecular complexity index is 711. The minimum absolute atomic E-state index is 0.332.